The Morgan fingerprint density at radius 2 is 1.72 bits per heavy atom. The van der Waals surface area contributed by atoms with E-state index >= 15 is 8.78 Å². The summed E-state index contributed by atoms with van der Waals surface area (Å²) in [4.78, 5) is 56.0. The van der Waals surface area contributed by atoms with Crippen molar-refractivity contribution in [2.45, 2.75) is 102 Å². The first-order valence-electron chi connectivity index (χ1n) is 17.9. The van der Waals surface area contributed by atoms with Crippen molar-refractivity contribution in [1.82, 2.24) is 20.0 Å². The minimum Gasteiger partial charge on any atom is -0.489 e. The molecular weight excluding hydrogens is 606 g/mol. The van der Waals surface area contributed by atoms with Gasteiger partial charge in [-0.25, -0.2) is 8.78 Å². The highest BCUT2D eigenvalue weighted by Crippen LogP contribution is 2.52. The lowest BCUT2D eigenvalue weighted by molar-refractivity contribution is -0.173. The Labute approximate surface area is 274 Å². The summed E-state index contributed by atoms with van der Waals surface area (Å²) < 4.78 is 37.4. The first kappa shape index (κ1) is 31.2. The number of ether oxygens (including phenoxy) is 1. The molecule has 8 aliphatic rings. The first-order chi connectivity index (χ1) is 22.6. The Morgan fingerprint density at radius 1 is 0.957 bits per heavy atom. The molecule has 4 saturated carbocycles. The summed E-state index contributed by atoms with van der Waals surface area (Å²) in [6.45, 7) is 5.33. The third-order valence-electron chi connectivity index (χ3n) is 12.9. The van der Waals surface area contributed by atoms with Crippen LogP contribution >= 0.6 is 0 Å². The van der Waals surface area contributed by atoms with E-state index in [-0.39, 0.29) is 43.5 Å². The quantitative estimate of drug-likeness (QED) is 0.462. The number of imide groups is 1. The fourth-order valence-electron chi connectivity index (χ4n) is 10.0. The van der Waals surface area contributed by atoms with Gasteiger partial charge in [-0.05, 0) is 105 Å². The number of carbonyl (C=O) groups excluding carboxylic acids is 4. The van der Waals surface area contributed by atoms with E-state index in [4.69, 9.17) is 4.74 Å². The average Bonchev–Trinajstić information content (AvgIpc) is 3.31. The number of fused-ring (bicyclic) bond motifs is 3. The standard InChI is InChI=1S/C36H46F2N4O5/c1-20-13-28(23-14-22(20)15-23)34(45)40-11-8-21(9-12-40)25-17-41(18-25)32-30(3-2-10-36(32,37)38)47-26-4-5-27-24(16-26)19-42(35(27)46)29-6-7-31(43)39-33(29)44/h4-5,16,20-23,25,28-30,32H,2-3,6-15,17-19H2,1H3,(H,39,43,44)/t20?,22?,23?,28?,29?,30-,32+/m1/s1. The van der Waals surface area contributed by atoms with Gasteiger partial charge in [0.25, 0.3) is 11.8 Å². The maximum Gasteiger partial charge on any atom is 0.266 e. The van der Waals surface area contributed by atoms with Gasteiger partial charge in [0.15, 0.2) is 0 Å². The third kappa shape index (κ3) is 5.54. The lowest BCUT2D eigenvalue weighted by atomic mass is 9.55. The molecule has 4 heterocycles. The molecular formula is C36H46F2N4O5. The van der Waals surface area contributed by atoms with Crippen molar-refractivity contribution < 1.29 is 32.7 Å². The molecule has 1 aromatic carbocycles. The molecule has 4 amide bonds. The van der Waals surface area contributed by atoms with Gasteiger partial charge in [-0.3, -0.25) is 29.4 Å². The SMILES string of the molecule is CC1CC(C(=O)N2CCC(C3CN([C@H]4[C@H](Oc5ccc6c(c5)CN(C5CCC(=O)NC5=O)C6=O)CCCC4(F)F)C3)CC2)C2CC1C2. The van der Waals surface area contributed by atoms with Crippen LogP contribution in [0.4, 0.5) is 8.78 Å². The molecule has 2 bridgehead atoms. The zero-order valence-corrected chi connectivity index (χ0v) is 27.2. The number of nitrogens with zero attached hydrogens (tertiary/aromatic N) is 3. The number of nitrogens with one attached hydrogen (secondary N) is 1. The molecule has 0 radical (unpaired) electrons. The van der Waals surface area contributed by atoms with Crippen LogP contribution in [0, 0.1) is 35.5 Å². The van der Waals surface area contributed by atoms with E-state index < -0.39 is 30.0 Å². The number of hydrogen-bond donors (Lipinski definition) is 1. The number of halogens is 2. The molecule has 11 heteroatoms. The molecule has 254 valence electrons. The van der Waals surface area contributed by atoms with Crippen molar-refractivity contribution in [3.63, 3.8) is 0 Å². The van der Waals surface area contributed by atoms with Crippen molar-refractivity contribution in [3.8, 4) is 5.75 Å². The molecule has 3 unspecified atom stereocenters. The average molecular weight is 653 g/mol. The van der Waals surface area contributed by atoms with E-state index in [1.165, 1.54) is 17.7 Å². The fraction of sp³-hybridized carbons (Fsp3) is 0.722. The zero-order valence-electron chi connectivity index (χ0n) is 27.2. The number of hydrogen-bond acceptors (Lipinski definition) is 6. The minimum absolute atomic E-state index is 0.152. The number of benzene rings is 1. The van der Waals surface area contributed by atoms with Crippen molar-refractivity contribution in [3.05, 3.63) is 29.3 Å². The van der Waals surface area contributed by atoms with Gasteiger partial charge in [0, 0.05) is 57.0 Å². The fourth-order valence-corrected chi connectivity index (χ4v) is 10.0. The number of rotatable bonds is 6. The molecule has 9 rings (SSSR count). The van der Waals surface area contributed by atoms with Crippen LogP contribution in [0.3, 0.4) is 0 Å². The smallest absolute Gasteiger partial charge is 0.266 e. The second-order valence-corrected chi connectivity index (χ2v) is 15.7. The highest BCUT2D eigenvalue weighted by atomic mass is 19.3. The number of likely N-dealkylation sites (tertiary alicyclic amines) is 2. The predicted octanol–water partition coefficient (Wildman–Crippen LogP) is 4.24. The van der Waals surface area contributed by atoms with Gasteiger partial charge in [0.2, 0.25) is 17.7 Å². The van der Waals surface area contributed by atoms with Crippen LogP contribution in [0.5, 0.6) is 5.75 Å². The molecule has 3 saturated heterocycles. The van der Waals surface area contributed by atoms with Crippen molar-refractivity contribution >= 4 is 23.6 Å². The Kier molecular flexibility index (Phi) is 7.84. The summed E-state index contributed by atoms with van der Waals surface area (Å²) in [7, 11) is 0. The normalized spacial score (nSPS) is 36.0. The predicted molar refractivity (Wildman–Crippen MR) is 167 cm³/mol. The topological polar surface area (TPSA) is 99.3 Å². The van der Waals surface area contributed by atoms with Crippen LogP contribution < -0.4 is 10.1 Å². The molecule has 0 spiro atoms. The Bertz CT molecular complexity index is 1450. The summed E-state index contributed by atoms with van der Waals surface area (Å²) in [5.74, 6) is -0.0597. The molecule has 4 aliphatic carbocycles. The van der Waals surface area contributed by atoms with Crippen LogP contribution in [-0.2, 0) is 20.9 Å². The highest BCUT2D eigenvalue weighted by molar-refractivity contribution is 6.05. The Morgan fingerprint density at radius 3 is 2.45 bits per heavy atom. The molecule has 9 nitrogen and oxygen atoms in total. The monoisotopic (exact) mass is 652 g/mol. The summed E-state index contributed by atoms with van der Waals surface area (Å²) in [6.07, 6.45) is 5.91. The Balaban J connectivity index is 0.875. The molecule has 7 fully saturated rings. The molecule has 4 aliphatic heterocycles. The number of amides is 4. The second kappa shape index (κ2) is 11.8. The summed E-state index contributed by atoms with van der Waals surface area (Å²) in [5.41, 5.74) is 1.16. The first-order valence-corrected chi connectivity index (χ1v) is 17.9. The minimum atomic E-state index is -2.86. The van der Waals surface area contributed by atoms with Gasteiger partial charge in [-0.15, -0.1) is 0 Å². The maximum atomic E-state index is 15.6. The van der Waals surface area contributed by atoms with Crippen molar-refractivity contribution in [2.75, 3.05) is 26.2 Å². The van der Waals surface area contributed by atoms with Crippen molar-refractivity contribution in [2.24, 2.45) is 35.5 Å². The highest BCUT2D eigenvalue weighted by Gasteiger charge is 2.55. The van der Waals surface area contributed by atoms with Crippen LogP contribution in [0.1, 0.15) is 87.1 Å². The maximum absolute atomic E-state index is 15.6. The lowest BCUT2D eigenvalue weighted by Crippen LogP contribution is -2.66. The number of piperidine rings is 2. The lowest BCUT2D eigenvalue weighted by Gasteiger charge is -2.54. The van der Waals surface area contributed by atoms with Crippen LogP contribution in [0.15, 0.2) is 18.2 Å². The molecule has 1 N–H and O–H groups in total. The third-order valence-corrected chi connectivity index (χ3v) is 12.9. The van der Waals surface area contributed by atoms with Gasteiger partial charge >= 0.3 is 0 Å². The summed E-state index contributed by atoms with van der Waals surface area (Å²) in [5, 5.41) is 2.31. The van der Waals surface area contributed by atoms with Crippen LogP contribution in [-0.4, -0.2) is 88.6 Å². The number of alkyl halides is 2. The molecule has 47 heavy (non-hydrogen) atoms. The van der Waals surface area contributed by atoms with E-state index in [2.05, 4.69) is 17.1 Å². The zero-order chi connectivity index (χ0) is 32.6. The van der Waals surface area contributed by atoms with Crippen LogP contribution in [0.2, 0.25) is 0 Å². The van der Waals surface area contributed by atoms with E-state index in [9.17, 15) is 19.2 Å². The van der Waals surface area contributed by atoms with Crippen LogP contribution in [0.25, 0.3) is 0 Å². The summed E-state index contributed by atoms with van der Waals surface area (Å²) in [6, 6.07) is 3.34. The van der Waals surface area contributed by atoms with Gasteiger partial charge in [-0.2, -0.15) is 0 Å². The second-order valence-electron chi connectivity index (χ2n) is 15.7. The number of carbonyl (C=O) groups is 4. The summed E-state index contributed by atoms with van der Waals surface area (Å²) >= 11 is 0. The largest absolute Gasteiger partial charge is 0.489 e. The Hall–Kier alpha value is -3.08. The molecule has 0 aromatic heterocycles. The van der Waals surface area contributed by atoms with E-state index in [0.717, 1.165) is 38.3 Å². The van der Waals surface area contributed by atoms with Gasteiger partial charge in [0.1, 0.15) is 23.9 Å². The van der Waals surface area contributed by atoms with Gasteiger partial charge < -0.3 is 14.5 Å². The van der Waals surface area contributed by atoms with Crippen molar-refractivity contribution in [1.29, 1.82) is 0 Å². The van der Waals surface area contributed by atoms with E-state index in [0.29, 0.717) is 72.4 Å². The molecule has 1 aromatic rings. The van der Waals surface area contributed by atoms with Gasteiger partial charge in [0.05, 0.1) is 0 Å². The van der Waals surface area contributed by atoms with E-state index in [1.807, 2.05) is 4.90 Å². The van der Waals surface area contributed by atoms with Gasteiger partial charge in [-0.1, -0.05) is 6.92 Å². The molecule has 5 atom stereocenters. The van der Waals surface area contributed by atoms with E-state index in [1.54, 1.807) is 18.2 Å².